The van der Waals surface area contributed by atoms with Crippen LogP contribution in [0.3, 0.4) is 0 Å². The molecule has 1 aliphatic rings. The molecule has 0 saturated carbocycles. The number of hydrogen-bond acceptors (Lipinski definition) is 5. The summed E-state index contributed by atoms with van der Waals surface area (Å²) in [5.74, 6) is -0.571. The molecule has 5 nitrogen and oxygen atoms in total. The minimum absolute atomic E-state index is 0.0319. The molecule has 0 radical (unpaired) electrons. The van der Waals surface area contributed by atoms with Crippen LogP contribution >= 0.6 is 11.8 Å². The molecule has 0 unspecified atom stereocenters. The zero-order chi connectivity index (χ0) is 20.4. The number of thioether (sulfide) groups is 1. The van der Waals surface area contributed by atoms with Gasteiger partial charge in [-0.15, -0.1) is 0 Å². The van der Waals surface area contributed by atoms with Crippen molar-refractivity contribution < 1.29 is 26.4 Å². The fourth-order valence-corrected chi connectivity index (χ4v) is 4.97. The number of alkyl halides is 3. The maximum Gasteiger partial charge on any atom is 0.416 e. The fraction of sp³-hybridized carbons (Fsp3) is 0.333. The van der Waals surface area contributed by atoms with Crippen LogP contribution in [0.25, 0.3) is 0 Å². The highest BCUT2D eigenvalue weighted by molar-refractivity contribution is 7.99. The molecule has 10 heteroatoms. The van der Waals surface area contributed by atoms with Crippen molar-refractivity contribution in [2.24, 2.45) is 0 Å². The van der Waals surface area contributed by atoms with Gasteiger partial charge in [-0.1, -0.05) is 23.9 Å². The highest BCUT2D eigenvalue weighted by atomic mass is 32.2. The second-order valence-corrected chi connectivity index (χ2v) is 9.17. The van der Waals surface area contributed by atoms with E-state index >= 15 is 0 Å². The molecule has 1 fully saturated rings. The second kappa shape index (κ2) is 8.22. The van der Waals surface area contributed by atoms with Crippen molar-refractivity contribution >= 4 is 27.6 Å². The molecule has 0 spiro atoms. The molecule has 0 N–H and O–H groups in total. The average Bonchev–Trinajstić information content (AvgIpc) is 3.21. The lowest BCUT2D eigenvalue weighted by atomic mass is 10.1. The Morgan fingerprint density at radius 3 is 2.46 bits per heavy atom. The number of Topliss-reactive ketones (excluding diaryl/α,β-unsaturated/α-hetero) is 1. The van der Waals surface area contributed by atoms with Gasteiger partial charge >= 0.3 is 6.18 Å². The number of carbonyl (C=O) groups is 1. The van der Waals surface area contributed by atoms with Gasteiger partial charge in [0.25, 0.3) is 0 Å². The lowest BCUT2D eigenvalue weighted by Crippen LogP contribution is -2.27. The van der Waals surface area contributed by atoms with E-state index in [0.29, 0.717) is 18.1 Å². The largest absolute Gasteiger partial charge is 0.416 e. The van der Waals surface area contributed by atoms with Crippen LogP contribution in [0.15, 0.2) is 52.5 Å². The Kier molecular flexibility index (Phi) is 6.11. The van der Waals surface area contributed by atoms with Gasteiger partial charge in [-0.3, -0.25) is 4.79 Å². The van der Waals surface area contributed by atoms with Gasteiger partial charge in [-0.25, -0.2) is 13.4 Å². The van der Waals surface area contributed by atoms with Crippen molar-refractivity contribution in [2.75, 3.05) is 18.8 Å². The lowest BCUT2D eigenvalue weighted by molar-refractivity contribution is -0.137. The van der Waals surface area contributed by atoms with E-state index in [-0.39, 0.29) is 16.2 Å². The average molecular weight is 430 g/mol. The standard InChI is InChI=1S/C18H17F3N2O3S2/c19-18(20,21)14-5-3-4-13(10-14)16(24)12-27-17-7-6-15(11-22-17)28(25,26)23-8-1-2-9-23/h3-7,10-11H,1-2,8-9,12H2. The Hall–Kier alpha value is -1.91. The van der Waals surface area contributed by atoms with E-state index in [9.17, 15) is 26.4 Å². The van der Waals surface area contributed by atoms with E-state index in [2.05, 4.69) is 4.98 Å². The maximum absolute atomic E-state index is 12.7. The number of hydrogen-bond donors (Lipinski definition) is 0. The SMILES string of the molecule is O=C(CSc1ccc(S(=O)(=O)N2CCCC2)cn1)c1cccc(C(F)(F)F)c1. The predicted molar refractivity (Wildman–Crippen MR) is 98.7 cm³/mol. The Labute approximate surface area is 165 Å². The van der Waals surface area contributed by atoms with Gasteiger partial charge < -0.3 is 0 Å². The third-order valence-electron chi connectivity index (χ3n) is 4.28. The molecular formula is C18H17F3N2O3S2. The summed E-state index contributed by atoms with van der Waals surface area (Å²) in [6.45, 7) is 0.981. The summed E-state index contributed by atoms with van der Waals surface area (Å²) >= 11 is 1.04. The summed E-state index contributed by atoms with van der Waals surface area (Å²) in [4.78, 5) is 16.3. The van der Waals surface area contributed by atoms with Gasteiger partial charge in [0.15, 0.2) is 5.78 Å². The highest BCUT2D eigenvalue weighted by Crippen LogP contribution is 2.30. The van der Waals surface area contributed by atoms with Crippen molar-refractivity contribution in [3.63, 3.8) is 0 Å². The topological polar surface area (TPSA) is 67.3 Å². The Bertz CT molecular complexity index is 955. The first kappa shape index (κ1) is 20.8. The first-order valence-electron chi connectivity index (χ1n) is 8.47. The van der Waals surface area contributed by atoms with Crippen LogP contribution in [0.1, 0.15) is 28.8 Å². The quantitative estimate of drug-likeness (QED) is 0.514. The number of nitrogens with zero attached hydrogens (tertiary/aromatic N) is 2. The summed E-state index contributed by atoms with van der Waals surface area (Å²) in [6, 6.07) is 7.17. The molecule has 0 atom stereocenters. The minimum atomic E-state index is -4.51. The van der Waals surface area contributed by atoms with E-state index in [1.807, 2.05) is 0 Å². The maximum atomic E-state index is 12.7. The third-order valence-corrected chi connectivity index (χ3v) is 7.10. The lowest BCUT2D eigenvalue weighted by Gasteiger charge is -2.15. The molecule has 0 aliphatic carbocycles. The first-order chi connectivity index (χ1) is 13.2. The van der Waals surface area contributed by atoms with Crippen LogP contribution in [0, 0.1) is 0 Å². The Morgan fingerprint density at radius 2 is 1.86 bits per heavy atom. The van der Waals surface area contributed by atoms with Crippen LogP contribution in [0.2, 0.25) is 0 Å². The van der Waals surface area contributed by atoms with E-state index in [1.165, 1.54) is 34.8 Å². The number of benzene rings is 1. The number of aromatic nitrogens is 1. The van der Waals surface area contributed by atoms with E-state index in [1.54, 1.807) is 0 Å². The van der Waals surface area contributed by atoms with Crippen LogP contribution in [-0.2, 0) is 16.2 Å². The number of pyridine rings is 1. The molecule has 0 amide bonds. The van der Waals surface area contributed by atoms with Crippen molar-refractivity contribution in [3.8, 4) is 0 Å². The number of halogens is 3. The second-order valence-electron chi connectivity index (χ2n) is 6.23. The van der Waals surface area contributed by atoms with Crippen LogP contribution in [0.5, 0.6) is 0 Å². The van der Waals surface area contributed by atoms with Gasteiger partial charge in [-0.05, 0) is 37.1 Å². The fourth-order valence-electron chi connectivity index (χ4n) is 2.77. The van der Waals surface area contributed by atoms with Crippen LogP contribution in [-0.4, -0.2) is 42.3 Å². The molecule has 2 aromatic rings. The molecule has 1 aromatic heterocycles. The molecule has 150 valence electrons. The van der Waals surface area contributed by atoms with Gasteiger partial charge in [0.1, 0.15) is 4.90 Å². The normalized spacial score (nSPS) is 15.7. The van der Waals surface area contributed by atoms with Crippen molar-refractivity contribution in [2.45, 2.75) is 28.9 Å². The molecular weight excluding hydrogens is 413 g/mol. The van der Waals surface area contributed by atoms with Gasteiger partial charge in [0, 0.05) is 24.8 Å². The van der Waals surface area contributed by atoms with Crippen molar-refractivity contribution in [1.29, 1.82) is 0 Å². The van der Waals surface area contributed by atoms with E-state index in [0.717, 1.165) is 36.7 Å². The molecule has 28 heavy (non-hydrogen) atoms. The summed E-state index contributed by atoms with van der Waals surface area (Å²) in [7, 11) is -3.56. The van der Waals surface area contributed by atoms with Gasteiger partial charge in [0.05, 0.1) is 16.3 Å². The number of sulfonamides is 1. The van der Waals surface area contributed by atoms with E-state index < -0.39 is 27.5 Å². The molecule has 1 saturated heterocycles. The van der Waals surface area contributed by atoms with Crippen molar-refractivity contribution in [3.05, 3.63) is 53.7 Å². The smallest absolute Gasteiger partial charge is 0.293 e. The molecule has 3 rings (SSSR count). The summed E-state index contributed by atoms with van der Waals surface area (Å²) in [5, 5.41) is 0.417. The molecule has 1 aliphatic heterocycles. The van der Waals surface area contributed by atoms with E-state index in [4.69, 9.17) is 0 Å². The molecule has 0 bridgehead atoms. The molecule has 2 heterocycles. The monoisotopic (exact) mass is 430 g/mol. The molecule has 1 aromatic carbocycles. The van der Waals surface area contributed by atoms with Gasteiger partial charge in [-0.2, -0.15) is 17.5 Å². The van der Waals surface area contributed by atoms with Crippen molar-refractivity contribution in [1.82, 2.24) is 9.29 Å². The third kappa shape index (κ3) is 4.73. The zero-order valence-corrected chi connectivity index (χ0v) is 16.3. The number of ketones is 1. The summed E-state index contributed by atoms with van der Waals surface area (Å²) < 4.78 is 64.5. The Balaban J connectivity index is 1.64. The zero-order valence-electron chi connectivity index (χ0n) is 14.6. The summed E-state index contributed by atoms with van der Waals surface area (Å²) in [5.41, 5.74) is -0.909. The predicted octanol–water partition coefficient (Wildman–Crippen LogP) is 3.86. The Morgan fingerprint density at radius 1 is 1.14 bits per heavy atom. The van der Waals surface area contributed by atoms with Crippen LogP contribution < -0.4 is 0 Å². The summed E-state index contributed by atoms with van der Waals surface area (Å²) in [6.07, 6.45) is -1.61. The highest BCUT2D eigenvalue weighted by Gasteiger charge is 2.31. The van der Waals surface area contributed by atoms with Gasteiger partial charge in [0.2, 0.25) is 10.0 Å². The number of rotatable bonds is 6. The minimum Gasteiger partial charge on any atom is -0.293 e. The first-order valence-corrected chi connectivity index (χ1v) is 10.9. The number of carbonyl (C=O) groups excluding carboxylic acids is 1. The van der Waals surface area contributed by atoms with Crippen LogP contribution in [0.4, 0.5) is 13.2 Å².